The SMILES string of the molecule is CCNCCCCCn1cnc(-c2ccccc2)c1-c1ccccc1. The summed E-state index contributed by atoms with van der Waals surface area (Å²) in [6, 6.07) is 21.1. The number of rotatable bonds is 9. The van der Waals surface area contributed by atoms with Gasteiger partial charge in [-0.25, -0.2) is 4.98 Å². The van der Waals surface area contributed by atoms with E-state index in [2.05, 4.69) is 71.4 Å². The zero-order valence-electron chi connectivity index (χ0n) is 15.0. The number of aromatic nitrogens is 2. The van der Waals surface area contributed by atoms with Crippen LogP contribution in [-0.4, -0.2) is 22.6 Å². The molecule has 0 radical (unpaired) electrons. The van der Waals surface area contributed by atoms with Gasteiger partial charge in [0.05, 0.1) is 17.7 Å². The highest BCUT2D eigenvalue weighted by Gasteiger charge is 2.14. The highest BCUT2D eigenvalue weighted by atomic mass is 15.1. The van der Waals surface area contributed by atoms with Gasteiger partial charge in [-0.2, -0.15) is 0 Å². The molecule has 0 aliphatic heterocycles. The molecule has 0 saturated heterocycles. The summed E-state index contributed by atoms with van der Waals surface area (Å²) in [6.45, 7) is 5.33. The van der Waals surface area contributed by atoms with Crippen molar-refractivity contribution in [1.29, 1.82) is 0 Å². The molecule has 0 spiro atoms. The number of aryl methyl sites for hydroxylation is 1. The van der Waals surface area contributed by atoms with Gasteiger partial charge in [0, 0.05) is 17.7 Å². The molecule has 3 rings (SSSR count). The second-order valence-corrected chi connectivity index (χ2v) is 6.28. The van der Waals surface area contributed by atoms with Crippen molar-refractivity contribution in [3.8, 4) is 22.5 Å². The Morgan fingerprint density at radius 2 is 1.52 bits per heavy atom. The third-order valence-corrected chi connectivity index (χ3v) is 4.43. The largest absolute Gasteiger partial charge is 0.330 e. The molecule has 3 heteroatoms. The van der Waals surface area contributed by atoms with Gasteiger partial charge in [-0.15, -0.1) is 0 Å². The molecule has 1 heterocycles. The summed E-state index contributed by atoms with van der Waals surface area (Å²) < 4.78 is 2.31. The van der Waals surface area contributed by atoms with Crippen LogP contribution in [0.4, 0.5) is 0 Å². The smallest absolute Gasteiger partial charge is 0.0963 e. The zero-order valence-corrected chi connectivity index (χ0v) is 15.0. The van der Waals surface area contributed by atoms with E-state index in [9.17, 15) is 0 Å². The van der Waals surface area contributed by atoms with E-state index in [-0.39, 0.29) is 0 Å². The van der Waals surface area contributed by atoms with E-state index < -0.39 is 0 Å². The predicted molar refractivity (Wildman–Crippen MR) is 105 cm³/mol. The normalized spacial score (nSPS) is 10.9. The van der Waals surface area contributed by atoms with Crippen LogP contribution in [0.3, 0.4) is 0 Å². The molecule has 130 valence electrons. The molecule has 0 aliphatic carbocycles. The minimum absolute atomic E-state index is 1.01. The molecule has 0 aliphatic rings. The number of hydrogen-bond donors (Lipinski definition) is 1. The summed E-state index contributed by atoms with van der Waals surface area (Å²) in [5.41, 5.74) is 4.69. The molecule has 2 aromatic carbocycles. The number of nitrogens with zero attached hydrogens (tertiary/aromatic N) is 2. The van der Waals surface area contributed by atoms with Gasteiger partial charge in [-0.05, 0) is 25.9 Å². The number of imidazole rings is 1. The Morgan fingerprint density at radius 3 is 2.20 bits per heavy atom. The number of nitrogens with one attached hydrogen (secondary N) is 1. The molecule has 0 saturated carbocycles. The molecular weight excluding hydrogens is 306 g/mol. The summed E-state index contributed by atoms with van der Waals surface area (Å²) >= 11 is 0. The third-order valence-electron chi connectivity index (χ3n) is 4.43. The van der Waals surface area contributed by atoms with E-state index in [1.54, 1.807) is 0 Å². The Balaban J connectivity index is 1.80. The molecule has 3 aromatic rings. The maximum atomic E-state index is 4.74. The molecule has 1 N–H and O–H groups in total. The Bertz CT molecular complexity index is 747. The second kappa shape index (κ2) is 9.19. The predicted octanol–water partition coefficient (Wildman–Crippen LogP) is 5.00. The first-order valence-corrected chi connectivity index (χ1v) is 9.27. The minimum Gasteiger partial charge on any atom is -0.330 e. The summed E-state index contributed by atoms with van der Waals surface area (Å²) in [6.07, 6.45) is 5.64. The Morgan fingerprint density at radius 1 is 0.840 bits per heavy atom. The van der Waals surface area contributed by atoms with E-state index >= 15 is 0 Å². The van der Waals surface area contributed by atoms with Crippen molar-refractivity contribution >= 4 is 0 Å². The lowest BCUT2D eigenvalue weighted by molar-refractivity contribution is 0.567. The molecule has 0 bridgehead atoms. The van der Waals surface area contributed by atoms with Gasteiger partial charge in [0.25, 0.3) is 0 Å². The molecular formula is C22H27N3. The standard InChI is InChI=1S/C22H27N3/c1-2-23-16-10-5-11-17-25-18-24-21(19-12-6-3-7-13-19)22(25)20-14-8-4-9-15-20/h3-4,6-9,12-15,18,23H,2,5,10-11,16-17H2,1H3. The van der Waals surface area contributed by atoms with Crippen molar-refractivity contribution in [2.24, 2.45) is 0 Å². The first kappa shape index (κ1) is 17.4. The van der Waals surface area contributed by atoms with Crippen molar-refractivity contribution in [1.82, 2.24) is 14.9 Å². The lowest BCUT2D eigenvalue weighted by Crippen LogP contribution is -2.13. The van der Waals surface area contributed by atoms with Crippen molar-refractivity contribution in [2.45, 2.75) is 32.7 Å². The van der Waals surface area contributed by atoms with Crippen molar-refractivity contribution in [3.05, 3.63) is 67.0 Å². The molecule has 25 heavy (non-hydrogen) atoms. The molecule has 0 amide bonds. The van der Waals surface area contributed by atoms with Crippen molar-refractivity contribution in [2.75, 3.05) is 13.1 Å². The van der Waals surface area contributed by atoms with Gasteiger partial charge in [0.15, 0.2) is 0 Å². The van der Waals surface area contributed by atoms with Crippen LogP contribution in [0.15, 0.2) is 67.0 Å². The average molecular weight is 333 g/mol. The highest BCUT2D eigenvalue weighted by molar-refractivity contribution is 5.78. The van der Waals surface area contributed by atoms with Gasteiger partial charge in [0.1, 0.15) is 0 Å². The second-order valence-electron chi connectivity index (χ2n) is 6.28. The van der Waals surface area contributed by atoms with Crippen LogP contribution in [0.2, 0.25) is 0 Å². The van der Waals surface area contributed by atoms with Gasteiger partial charge in [0.2, 0.25) is 0 Å². The van der Waals surface area contributed by atoms with E-state index in [1.807, 2.05) is 12.4 Å². The third kappa shape index (κ3) is 4.58. The number of benzene rings is 2. The summed E-state index contributed by atoms with van der Waals surface area (Å²) in [5, 5.41) is 3.39. The van der Waals surface area contributed by atoms with Crippen molar-refractivity contribution < 1.29 is 0 Å². The Kier molecular flexibility index (Phi) is 6.41. The molecule has 0 fully saturated rings. The van der Waals surface area contributed by atoms with Crippen LogP contribution in [0.1, 0.15) is 26.2 Å². The molecule has 0 unspecified atom stereocenters. The van der Waals surface area contributed by atoms with E-state index in [0.29, 0.717) is 0 Å². The van der Waals surface area contributed by atoms with Crippen LogP contribution < -0.4 is 5.32 Å². The summed E-state index contributed by atoms with van der Waals surface area (Å²) in [5.74, 6) is 0. The molecule has 1 aromatic heterocycles. The fourth-order valence-corrected chi connectivity index (χ4v) is 3.14. The fraction of sp³-hybridized carbons (Fsp3) is 0.318. The van der Waals surface area contributed by atoms with Crippen LogP contribution in [0, 0.1) is 0 Å². The summed E-state index contributed by atoms with van der Waals surface area (Å²) in [7, 11) is 0. The van der Waals surface area contributed by atoms with E-state index in [1.165, 1.54) is 36.1 Å². The van der Waals surface area contributed by atoms with Crippen molar-refractivity contribution in [3.63, 3.8) is 0 Å². The van der Waals surface area contributed by atoms with E-state index in [0.717, 1.165) is 25.3 Å². The lowest BCUT2D eigenvalue weighted by Gasteiger charge is -2.11. The van der Waals surface area contributed by atoms with Crippen LogP contribution in [0.5, 0.6) is 0 Å². The maximum absolute atomic E-state index is 4.74. The van der Waals surface area contributed by atoms with Gasteiger partial charge < -0.3 is 9.88 Å². The minimum atomic E-state index is 1.01. The topological polar surface area (TPSA) is 29.9 Å². The van der Waals surface area contributed by atoms with Gasteiger partial charge in [-0.1, -0.05) is 74.0 Å². The van der Waals surface area contributed by atoms with E-state index in [4.69, 9.17) is 4.98 Å². The first-order chi connectivity index (χ1) is 12.4. The zero-order chi connectivity index (χ0) is 17.3. The Labute approximate surface area is 150 Å². The number of unbranched alkanes of at least 4 members (excludes halogenated alkanes) is 2. The van der Waals surface area contributed by atoms with Crippen LogP contribution >= 0.6 is 0 Å². The quantitative estimate of drug-likeness (QED) is 0.559. The first-order valence-electron chi connectivity index (χ1n) is 9.27. The number of hydrogen-bond acceptors (Lipinski definition) is 2. The molecule has 3 nitrogen and oxygen atoms in total. The average Bonchev–Trinajstić information content (AvgIpc) is 3.10. The highest BCUT2D eigenvalue weighted by Crippen LogP contribution is 2.31. The van der Waals surface area contributed by atoms with Crippen LogP contribution in [0.25, 0.3) is 22.5 Å². The fourth-order valence-electron chi connectivity index (χ4n) is 3.14. The lowest BCUT2D eigenvalue weighted by atomic mass is 10.0. The Hall–Kier alpha value is -2.39. The maximum Gasteiger partial charge on any atom is 0.0963 e. The van der Waals surface area contributed by atoms with Gasteiger partial charge >= 0.3 is 0 Å². The monoisotopic (exact) mass is 333 g/mol. The summed E-state index contributed by atoms with van der Waals surface area (Å²) in [4.78, 5) is 4.74. The molecule has 0 atom stereocenters. The van der Waals surface area contributed by atoms with Gasteiger partial charge in [-0.3, -0.25) is 0 Å². The van der Waals surface area contributed by atoms with Crippen LogP contribution in [-0.2, 0) is 6.54 Å².